The fraction of sp³-hybridized carbons (Fsp3) is 0.381. The number of carbonyl (C=O) groups is 1. The number of carbonyl (C=O) groups excluding carboxylic acids is 1. The molecule has 0 radical (unpaired) electrons. The van der Waals surface area contributed by atoms with Gasteiger partial charge < -0.3 is 9.64 Å². The number of hydrogen-bond donors (Lipinski definition) is 0. The highest BCUT2D eigenvalue weighted by Gasteiger charge is 2.30. The Labute approximate surface area is 143 Å². The largest absolute Gasteiger partial charge is 0.448 e. The van der Waals surface area contributed by atoms with Gasteiger partial charge in [0.1, 0.15) is 6.61 Å². The summed E-state index contributed by atoms with van der Waals surface area (Å²) in [6.07, 6.45) is 3.19. The minimum absolute atomic E-state index is 0.140. The van der Waals surface area contributed by atoms with Crippen LogP contribution in [0.2, 0.25) is 0 Å². The molecule has 1 amide bonds. The third-order valence-electron chi connectivity index (χ3n) is 5.37. The van der Waals surface area contributed by atoms with E-state index < -0.39 is 0 Å². The third-order valence-corrected chi connectivity index (χ3v) is 5.37. The SMILES string of the molecule is CC1CCCCN1C(=O)OCC1c2ccccc2-c2ccccc21. The first-order chi connectivity index (χ1) is 11.8. The van der Waals surface area contributed by atoms with Gasteiger partial charge in [-0.15, -0.1) is 0 Å². The van der Waals surface area contributed by atoms with Gasteiger partial charge in [0, 0.05) is 18.5 Å². The molecule has 1 aliphatic carbocycles. The summed E-state index contributed by atoms with van der Waals surface area (Å²) in [4.78, 5) is 14.4. The van der Waals surface area contributed by atoms with Crippen LogP contribution in [0.4, 0.5) is 4.79 Å². The molecular weight excluding hydrogens is 298 g/mol. The maximum Gasteiger partial charge on any atom is 0.410 e. The highest BCUT2D eigenvalue weighted by Crippen LogP contribution is 2.44. The van der Waals surface area contributed by atoms with Crippen molar-refractivity contribution < 1.29 is 9.53 Å². The second-order valence-corrected chi connectivity index (χ2v) is 6.84. The van der Waals surface area contributed by atoms with Gasteiger partial charge in [0.15, 0.2) is 0 Å². The lowest BCUT2D eigenvalue weighted by atomic mass is 9.98. The van der Waals surface area contributed by atoms with E-state index in [0.29, 0.717) is 6.61 Å². The lowest BCUT2D eigenvalue weighted by Crippen LogP contribution is -2.42. The Kier molecular flexibility index (Phi) is 4.01. The van der Waals surface area contributed by atoms with Crippen molar-refractivity contribution in [3.8, 4) is 11.1 Å². The first kappa shape index (κ1) is 15.3. The minimum Gasteiger partial charge on any atom is -0.448 e. The number of nitrogens with zero attached hydrogens (tertiary/aromatic N) is 1. The van der Waals surface area contributed by atoms with Crippen LogP contribution in [0, 0.1) is 0 Å². The molecule has 0 N–H and O–H groups in total. The van der Waals surface area contributed by atoms with Crippen molar-refractivity contribution in [1.82, 2.24) is 4.90 Å². The Hall–Kier alpha value is -2.29. The van der Waals surface area contributed by atoms with Gasteiger partial charge in [-0.2, -0.15) is 0 Å². The monoisotopic (exact) mass is 321 g/mol. The summed E-state index contributed by atoms with van der Waals surface area (Å²) >= 11 is 0. The summed E-state index contributed by atoms with van der Waals surface area (Å²) in [7, 11) is 0. The minimum atomic E-state index is -0.163. The summed E-state index contributed by atoms with van der Waals surface area (Å²) in [5.74, 6) is 0.140. The molecule has 2 aliphatic rings. The van der Waals surface area contributed by atoms with Crippen molar-refractivity contribution in [3.63, 3.8) is 0 Å². The van der Waals surface area contributed by atoms with Gasteiger partial charge in [-0.1, -0.05) is 48.5 Å². The first-order valence-electron chi connectivity index (χ1n) is 8.87. The Morgan fingerprint density at radius 2 is 1.67 bits per heavy atom. The highest BCUT2D eigenvalue weighted by molar-refractivity contribution is 5.79. The number of amides is 1. The van der Waals surface area contributed by atoms with Crippen LogP contribution < -0.4 is 0 Å². The van der Waals surface area contributed by atoms with Crippen LogP contribution in [0.1, 0.15) is 43.2 Å². The molecule has 3 heteroatoms. The van der Waals surface area contributed by atoms with Gasteiger partial charge >= 0.3 is 6.09 Å². The van der Waals surface area contributed by atoms with Crippen LogP contribution in [0.5, 0.6) is 0 Å². The summed E-state index contributed by atoms with van der Waals surface area (Å²) in [5, 5.41) is 0. The van der Waals surface area contributed by atoms with E-state index in [4.69, 9.17) is 4.74 Å². The Morgan fingerprint density at radius 3 is 2.29 bits per heavy atom. The standard InChI is InChI=1S/C21H23NO2/c1-15-8-6-7-13-22(15)21(23)24-14-20-18-11-4-2-9-16(18)17-10-3-5-12-19(17)20/h2-5,9-12,15,20H,6-8,13-14H2,1H3. The van der Waals surface area contributed by atoms with Crippen molar-refractivity contribution in [3.05, 3.63) is 59.7 Å². The second kappa shape index (κ2) is 6.31. The molecule has 1 fully saturated rings. The molecule has 3 nitrogen and oxygen atoms in total. The van der Waals surface area contributed by atoms with Gasteiger partial charge in [-0.3, -0.25) is 0 Å². The van der Waals surface area contributed by atoms with Crippen LogP contribution in [-0.2, 0) is 4.74 Å². The van der Waals surface area contributed by atoms with E-state index in [1.807, 2.05) is 4.90 Å². The van der Waals surface area contributed by atoms with Gasteiger partial charge in [-0.25, -0.2) is 4.79 Å². The van der Waals surface area contributed by atoms with Crippen molar-refractivity contribution in [1.29, 1.82) is 0 Å². The zero-order valence-electron chi connectivity index (χ0n) is 14.1. The Bertz CT molecular complexity index is 710. The summed E-state index contributed by atoms with van der Waals surface area (Å²) in [5.41, 5.74) is 5.05. The molecule has 1 unspecified atom stereocenters. The Balaban J connectivity index is 1.53. The van der Waals surface area contributed by atoms with E-state index in [9.17, 15) is 4.79 Å². The van der Waals surface area contributed by atoms with Gasteiger partial charge in [0.2, 0.25) is 0 Å². The van der Waals surface area contributed by atoms with E-state index in [2.05, 4.69) is 55.5 Å². The van der Waals surface area contributed by atoms with Crippen LogP contribution in [-0.4, -0.2) is 30.2 Å². The maximum atomic E-state index is 12.5. The van der Waals surface area contributed by atoms with E-state index in [0.717, 1.165) is 19.4 Å². The molecule has 4 rings (SSSR count). The highest BCUT2D eigenvalue weighted by atomic mass is 16.6. The molecule has 2 aromatic carbocycles. The maximum absolute atomic E-state index is 12.5. The molecule has 1 saturated heterocycles. The van der Waals surface area contributed by atoms with E-state index in [-0.39, 0.29) is 18.1 Å². The van der Waals surface area contributed by atoms with E-state index in [1.54, 1.807) is 0 Å². The lowest BCUT2D eigenvalue weighted by Gasteiger charge is -2.32. The molecule has 0 spiro atoms. The van der Waals surface area contributed by atoms with Gasteiger partial charge in [-0.05, 0) is 48.4 Å². The fourth-order valence-electron chi connectivity index (χ4n) is 4.05. The van der Waals surface area contributed by atoms with Crippen LogP contribution in [0.25, 0.3) is 11.1 Å². The first-order valence-corrected chi connectivity index (χ1v) is 8.87. The smallest absolute Gasteiger partial charge is 0.410 e. The molecule has 1 aliphatic heterocycles. The molecule has 0 bridgehead atoms. The summed E-state index contributed by atoms with van der Waals surface area (Å²) in [6, 6.07) is 17.2. The Morgan fingerprint density at radius 1 is 1.04 bits per heavy atom. The van der Waals surface area contributed by atoms with Crippen LogP contribution >= 0.6 is 0 Å². The zero-order chi connectivity index (χ0) is 16.5. The topological polar surface area (TPSA) is 29.5 Å². The summed E-state index contributed by atoms with van der Waals surface area (Å²) in [6.45, 7) is 3.34. The normalized spacial score (nSPS) is 19.7. The molecule has 1 atom stereocenters. The van der Waals surface area contributed by atoms with Crippen molar-refractivity contribution in [2.75, 3.05) is 13.2 Å². The average Bonchev–Trinajstić information content (AvgIpc) is 2.94. The quantitative estimate of drug-likeness (QED) is 0.794. The van der Waals surface area contributed by atoms with Crippen LogP contribution in [0.3, 0.4) is 0 Å². The average molecular weight is 321 g/mol. The van der Waals surface area contributed by atoms with Crippen molar-refractivity contribution >= 4 is 6.09 Å². The van der Waals surface area contributed by atoms with Crippen molar-refractivity contribution in [2.24, 2.45) is 0 Å². The molecular formula is C21H23NO2. The molecule has 2 aromatic rings. The predicted octanol–water partition coefficient (Wildman–Crippen LogP) is 4.81. The lowest BCUT2D eigenvalue weighted by molar-refractivity contribution is 0.0754. The van der Waals surface area contributed by atoms with E-state index in [1.165, 1.54) is 28.7 Å². The third kappa shape index (κ3) is 2.58. The number of hydrogen-bond acceptors (Lipinski definition) is 2. The number of rotatable bonds is 2. The summed E-state index contributed by atoms with van der Waals surface area (Å²) < 4.78 is 5.74. The van der Waals surface area contributed by atoms with Gasteiger partial charge in [0.25, 0.3) is 0 Å². The van der Waals surface area contributed by atoms with Crippen LogP contribution in [0.15, 0.2) is 48.5 Å². The number of piperidine rings is 1. The molecule has 124 valence electrons. The fourth-order valence-corrected chi connectivity index (χ4v) is 4.05. The number of ether oxygens (including phenoxy) is 1. The number of likely N-dealkylation sites (tertiary alicyclic amines) is 1. The second-order valence-electron chi connectivity index (χ2n) is 6.84. The molecule has 24 heavy (non-hydrogen) atoms. The van der Waals surface area contributed by atoms with Crippen molar-refractivity contribution in [2.45, 2.75) is 38.1 Å². The van der Waals surface area contributed by atoms with E-state index >= 15 is 0 Å². The predicted molar refractivity (Wildman–Crippen MR) is 95.1 cm³/mol. The zero-order valence-corrected chi connectivity index (χ0v) is 14.1. The molecule has 1 heterocycles. The number of fused-ring (bicyclic) bond motifs is 3. The van der Waals surface area contributed by atoms with Gasteiger partial charge in [0.05, 0.1) is 0 Å². The molecule has 0 aromatic heterocycles. The number of benzene rings is 2. The molecule has 0 saturated carbocycles.